The number of phenolic OH excluding ortho intramolecular Hbond substituents is 1. The van der Waals surface area contributed by atoms with Gasteiger partial charge in [-0.1, -0.05) is 102 Å². The molecule has 0 aromatic heterocycles. The highest BCUT2D eigenvalue weighted by molar-refractivity contribution is 5.96. The third kappa shape index (κ3) is 17.0. The number of hydrogen-bond donors (Lipinski definition) is 7. The number of aryl methyl sites for hydroxylation is 1. The minimum Gasteiger partial charge on any atom is -0.507 e. The highest BCUT2D eigenvalue weighted by Gasteiger charge is 2.34. The van der Waals surface area contributed by atoms with Crippen molar-refractivity contribution in [3.05, 3.63) is 53.1 Å². The zero-order valence-electron chi connectivity index (χ0n) is 39.9. The molecule has 2 aromatic carbocycles. The molecule has 0 saturated heterocycles. The Bertz CT molecular complexity index is 1940. The van der Waals surface area contributed by atoms with Crippen LogP contribution in [0, 0.1) is 6.92 Å². The van der Waals surface area contributed by atoms with E-state index in [2.05, 4.69) is 28.2 Å². The topological polar surface area (TPSA) is 250 Å². The number of esters is 1. The number of benzene rings is 2. The van der Waals surface area contributed by atoms with Crippen molar-refractivity contribution in [3.8, 4) is 16.9 Å². The molecule has 5 atom stereocenters. The van der Waals surface area contributed by atoms with Crippen LogP contribution >= 0.6 is 0 Å². The minimum atomic E-state index is -1.35. The number of amides is 6. The van der Waals surface area contributed by atoms with Gasteiger partial charge in [-0.05, 0) is 67.6 Å². The maximum absolute atomic E-state index is 14.1. The fraction of sp³-hybridized carbons (Fsp3) is 0.612. The van der Waals surface area contributed by atoms with Gasteiger partial charge in [-0.15, -0.1) is 0 Å². The van der Waals surface area contributed by atoms with Gasteiger partial charge in [-0.3, -0.25) is 28.8 Å². The summed E-state index contributed by atoms with van der Waals surface area (Å²) in [4.78, 5) is 96.0. The zero-order valence-corrected chi connectivity index (χ0v) is 39.9. The molecule has 0 unspecified atom stereocenters. The predicted molar refractivity (Wildman–Crippen MR) is 252 cm³/mol. The zero-order chi connectivity index (χ0) is 48.8. The number of carbonyl (C=O) groups excluding carboxylic acids is 7. The van der Waals surface area contributed by atoms with E-state index in [4.69, 9.17) is 10.5 Å². The number of unbranched alkanes of at least 4 members (excludes halogenated alkanes) is 12. The molecule has 3 rings (SSSR count). The lowest BCUT2D eigenvalue weighted by Crippen LogP contribution is -2.55. The summed E-state index contributed by atoms with van der Waals surface area (Å²) in [6, 6.07) is 3.66. The van der Waals surface area contributed by atoms with Gasteiger partial charge in [-0.25, -0.2) is 4.79 Å². The number of fused-ring (bicyclic) bond motifs is 5. The van der Waals surface area contributed by atoms with Crippen LogP contribution in [0.25, 0.3) is 11.1 Å². The van der Waals surface area contributed by atoms with Gasteiger partial charge in [0, 0.05) is 39.0 Å². The lowest BCUT2D eigenvalue weighted by Gasteiger charge is -2.30. The second-order valence-corrected chi connectivity index (χ2v) is 17.4. The lowest BCUT2D eigenvalue weighted by atomic mass is 9.92. The van der Waals surface area contributed by atoms with E-state index in [9.17, 15) is 43.8 Å². The maximum atomic E-state index is 14.1. The highest BCUT2D eigenvalue weighted by Crippen LogP contribution is 2.35. The quantitative estimate of drug-likeness (QED) is 0.0557. The molecule has 0 spiro atoms. The molecule has 2 aromatic rings. The Morgan fingerprint density at radius 3 is 2.06 bits per heavy atom. The van der Waals surface area contributed by atoms with Crippen LogP contribution in [0.1, 0.15) is 133 Å². The van der Waals surface area contributed by atoms with Gasteiger partial charge in [0.15, 0.2) is 0 Å². The van der Waals surface area contributed by atoms with Gasteiger partial charge in [-0.2, -0.15) is 0 Å². The number of carbonyl (C=O) groups is 7. The first-order valence-electron chi connectivity index (χ1n) is 23.6. The van der Waals surface area contributed by atoms with Crippen molar-refractivity contribution in [1.82, 2.24) is 31.1 Å². The van der Waals surface area contributed by atoms with Crippen LogP contribution in [0.15, 0.2) is 36.4 Å². The van der Waals surface area contributed by atoms with E-state index in [1.165, 1.54) is 96.7 Å². The molecule has 66 heavy (non-hydrogen) atoms. The molecule has 0 aliphatic carbocycles. The monoisotopic (exact) mass is 922 g/mol. The maximum Gasteiger partial charge on any atom is 0.329 e. The van der Waals surface area contributed by atoms with Crippen molar-refractivity contribution in [2.45, 2.75) is 154 Å². The van der Waals surface area contributed by atoms with Gasteiger partial charge in [0.25, 0.3) is 0 Å². The number of phenols is 1. The Labute approximate surface area is 390 Å². The van der Waals surface area contributed by atoms with E-state index in [-0.39, 0.29) is 37.6 Å². The summed E-state index contributed by atoms with van der Waals surface area (Å²) in [5.41, 5.74) is 8.09. The Morgan fingerprint density at radius 1 is 0.833 bits per heavy atom. The number of rotatable bonds is 25. The van der Waals surface area contributed by atoms with E-state index in [1.807, 2.05) is 6.92 Å². The molecule has 1 aliphatic rings. The molecule has 0 fully saturated rings. The first-order valence-corrected chi connectivity index (χ1v) is 23.6. The molecule has 17 heteroatoms. The molecule has 17 nitrogen and oxygen atoms in total. The highest BCUT2D eigenvalue weighted by atomic mass is 16.5. The van der Waals surface area contributed by atoms with Gasteiger partial charge >= 0.3 is 5.97 Å². The van der Waals surface area contributed by atoms with Crippen molar-refractivity contribution < 1.29 is 48.5 Å². The molecule has 1 aliphatic heterocycles. The number of hydrogen-bond acceptors (Lipinski definition) is 11. The predicted octanol–water partition coefficient (Wildman–Crippen LogP) is 3.84. The summed E-state index contributed by atoms with van der Waals surface area (Å²) in [7, 11) is 2.79. The van der Waals surface area contributed by atoms with Crippen molar-refractivity contribution in [2.75, 3.05) is 40.4 Å². The summed E-state index contributed by atoms with van der Waals surface area (Å²) in [5, 5.41) is 31.3. The van der Waals surface area contributed by atoms with Gasteiger partial charge < -0.3 is 51.8 Å². The van der Waals surface area contributed by atoms with Gasteiger partial charge in [0.1, 0.15) is 42.6 Å². The van der Waals surface area contributed by atoms with Crippen LogP contribution in [0.3, 0.4) is 0 Å². The van der Waals surface area contributed by atoms with Crippen molar-refractivity contribution in [2.24, 2.45) is 5.73 Å². The summed E-state index contributed by atoms with van der Waals surface area (Å²) < 4.78 is 5.24. The van der Waals surface area contributed by atoms with Crippen LogP contribution in [0.4, 0.5) is 0 Å². The lowest BCUT2D eigenvalue weighted by molar-refractivity contribution is -0.148. The first-order chi connectivity index (χ1) is 31.5. The molecule has 6 amide bonds. The third-order valence-electron chi connectivity index (χ3n) is 12.1. The van der Waals surface area contributed by atoms with E-state index in [0.29, 0.717) is 28.7 Å². The van der Waals surface area contributed by atoms with Crippen molar-refractivity contribution >= 4 is 41.4 Å². The smallest absolute Gasteiger partial charge is 0.329 e. The summed E-state index contributed by atoms with van der Waals surface area (Å²) in [6.07, 6.45) is 15.4. The van der Waals surface area contributed by atoms with Gasteiger partial charge in [0.2, 0.25) is 35.4 Å². The average molecular weight is 922 g/mol. The second kappa shape index (κ2) is 28.5. The number of aliphatic hydroxyl groups is 1. The Balaban J connectivity index is 1.63. The van der Waals surface area contributed by atoms with E-state index in [0.717, 1.165) is 29.7 Å². The minimum absolute atomic E-state index is 0.00795. The van der Waals surface area contributed by atoms with Crippen molar-refractivity contribution in [3.63, 3.8) is 0 Å². The normalized spacial score (nSPS) is 17.0. The number of nitrogens with two attached hydrogens (primary N) is 1. The van der Waals surface area contributed by atoms with Crippen LogP contribution in [-0.4, -0.2) is 126 Å². The molecule has 0 saturated carbocycles. The Kier molecular flexibility index (Phi) is 23.6. The Hall–Kier alpha value is -5.55. The summed E-state index contributed by atoms with van der Waals surface area (Å²) >= 11 is 0. The summed E-state index contributed by atoms with van der Waals surface area (Å²) in [5.74, 6) is -4.78. The fourth-order valence-electron chi connectivity index (χ4n) is 7.91. The fourth-order valence-corrected chi connectivity index (χ4v) is 7.91. The molecule has 366 valence electrons. The molecule has 0 radical (unpaired) electrons. The van der Waals surface area contributed by atoms with E-state index >= 15 is 0 Å². The number of nitrogens with one attached hydrogen (secondary N) is 4. The van der Waals surface area contributed by atoms with Gasteiger partial charge in [0.05, 0.1) is 13.2 Å². The molecule has 1 heterocycles. The number of likely N-dealkylation sites (N-methyl/N-ethyl adjacent to an activating group) is 2. The molecular formula is C49H75N7O10. The number of nitrogens with zero attached hydrogens (tertiary/aromatic N) is 2. The largest absolute Gasteiger partial charge is 0.507 e. The Morgan fingerprint density at radius 2 is 1.45 bits per heavy atom. The molecule has 8 N–H and O–H groups in total. The SMILES string of the molecule is CCCCCCCCCCCCCCCC(=O)N(C)[C@H](CO)C(=O)N[C@H](C)C(=O)NCC(=O)N(C)[C@@H]1C(=O)N[C@@H](C)C(=O)N[C@H](C(=O)OCCN)Cc2ccc(O)c(c2)-c2cc1ccc2C. The standard InChI is InChI=1S/C49H75N7O10/c1-7-8-9-10-11-12-13-14-15-16-17-18-19-20-42(59)55(5)40(31-57)47(63)52-33(3)45(61)51-30-43(60)56(6)44-36-23-21-32(2)37(29-36)38-27-35(22-24-41(38)58)28-39(49(65)66-26-25-50)54-46(62)34(4)53-48(44)64/h21-24,27,29,33-34,39-40,44,57-58H,7-20,25-26,28,30-31,50H2,1-6H3,(H,51,61)(H,52,63)(H,53,64)(H,54,62)/t33-,34+,39+,40-,44+/m1/s1. The van der Waals surface area contributed by atoms with E-state index < -0.39 is 78.9 Å². The number of aliphatic hydroxyl groups excluding tert-OH is 1. The average Bonchev–Trinajstić information content (AvgIpc) is 3.29. The van der Waals surface area contributed by atoms with Crippen LogP contribution in [-0.2, 0) is 44.7 Å². The molecule has 4 bridgehead atoms. The van der Waals surface area contributed by atoms with Crippen molar-refractivity contribution in [1.29, 1.82) is 0 Å². The van der Waals surface area contributed by atoms with E-state index in [1.54, 1.807) is 30.3 Å². The first kappa shape index (κ1) is 54.8. The van der Waals surface area contributed by atoms with Crippen LogP contribution in [0.2, 0.25) is 0 Å². The third-order valence-corrected chi connectivity index (χ3v) is 12.1. The summed E-state index contributed by atoms with van der Waals surface area (Å²) in [6.45, 7) is 5.58. The van der Waals surface area contributed by atoms with Crippen LogP contribution in [0.5, 0.6) is 5.75 Å². The second-order valence-electron chi connectivity index (χ2n) is 17.4. The van der Waals surface area contributed by atoms with Crippen LogP contribution < -0.4 is 27.0 Å². The number of aromatic hydroxyl groups is 1. The number of ether oxygens (including phenoxy) is 1. The molecular weight excluding hydrogens is 847 g/mol.